The fraction of sp³-hybridized carbons (Fsp3) is 0.450. The third-order valence-corrected chi connectivity index (χ3v) is 6.12. The molecule has 166 valence electrons. The van der Waals surface area contributed by atoms with Gasteiger partial charge in [-0.1, -0.05) is 6.07 Å². The van der Waals surface area contributed by atoms with Gasteiger partial charge in [-0.2, -0.15) is 30.0 Å². The van der Waals surface area contributed by atoms with Crippen molar-refractivity contribution in [1.29, 1.82) is 0 Å². The molecule has 0 saturated carbocycles. The molecule has 1 saturated heterocycles. The minimum atomic E-state index is -4.54. The number of halogens is 3. The minimum Gasteiger partial charge on any atom is -0.376 e. The summed E-state index contributed by atoms with van der Waals surface area (Å²) in [5.74, 6) is 0.623. The molecule has 2 aliphatic heterocycles. The lowest BCUT2D eigenvalue weighted by molar-refractivity contribution is -0.137. The van der Waals surface area contributed by atoms with Crippen LogP contribution >= 0.6 is 11.8 Å². The van der Waals surface area contributed by atoms with E-state index in [9.17, 15) is 22.8 Å². The van der Waals surface area contributed by atoms with Crippen LogP contribution in [0.15, 0.2) is 24.3 Å². The minimum absolute atomic E-state index is 0.00283. The normalized spacial score (nSPS) is 18.1. The predicted molar refractivity (Wildman–Crippen MR) is 109 cm³/mol. The Balaban J connectivity index is 1.49. The lowest BCUT2D eigenvalue weighted by Crippen LogP contribution is -2.34. The third kappa shape index (κ3) is 5.04. The molecule has 2 N–H and O–H groups in total. The van der Waals surface area contributed by atoms with E-state index in [2.05, 4.69) is 15.7 Å². The number of hydrogen-bond donors (Lipinski definition) is 2. The highest BCUT2D eigenvalue weighted by molar-refractivity contribution is 7.98. The second-order valence-electron chi connectivity index (χ2n) is 7.40. The molecule has 11 heteroatoms. The van der Waals surface area contributed by atoms with Gasteiger partial charge in [-0.05, 0) is 31.0 Å². The summed E-state index contributed by atoms with van der Waals surface area (Å²) < 4.78 is 45.8. The Morgan fingerprint density at radius 3 is 2.87 bits per heavy atom. The molecule has 0 spiro atoms. The van der Waals surface area contributed by atoms with Gasteiger partial charge in [-0.25, -0.2) is 4.68 Å². The molecular formula is C20H21F3N4O3S. The van der Waals surface area contributed by atoms with Crippen LogP contribution in [0.4, 0.5) is 19.0 Å². The highest BCUT2D eigenvalue weighted by atomic mass is 32.2. The van der Waals surface area contributed by atoms with Crippen molar-refractivity contribution in [1.82, 2.24) is 15.1 Å². The maximum absolute atomic E-state index is 13.0. The van der Waals surface area contributed by atoms with Crippen LogP contribution in [0.1, 0.15) is 40.0 Å². The van der Waals surface area contributed by atoms with Crippen molar-refractivity contribution in [3.63, 3.8) is 0 Å². The number of thioether (sulfide) groups is 1. The van der Waals surface area contributed by atoms with Crippen LogP contribution in [-0.2, 0) is 33.8 Å². The molecule has 1 aromatic heterocycles. The zero-order valence-corrected chi connectivity index (χ0v) is 17.3. The predicted octanol–water partition coefficient (Wildman–Crippen LogP) is 3.20. The number of nitrogens with zero attached hydrogens (tertiary/aromatic N) is 2. The maximum atomic E-state index is 13.0. The molecule has 0 radical (unpaired) electrons. The van der Waals surface area contributed by atoms with Gasteiger partial charge in [0.25, 0.3) is 5.91 Å². The first-order valence-electron chi connectivity index (χ1n) is 9.84. The quantitative estimate of drug-likeness (QED) is 0.700. The molecule has 4 rings (SSSR count). The second-order valence-corrected chi connectivity index (χ2v) is 8.38. The standard InChI is InChI=1S/C20H21F3N4O3S/c21-20(22,23)13-4-1-3-12(7-13)19(29)25-18-15-10-31-11-16(15)26-27(18)9-17(28)24-8-14-5-2-6-30-14/h1,3-4,7,14H,2,5-6,8-11H2,(H,24,28)(H,25,29). The molecular weight excluding hydrogens is 433 g/mol. The van der Waals surface area contributed by atoms with E-state index in [1.54, 1.807) is 11.8 Å². The number of alkyl halides is 3. The number of benzene rings is 1. The smallest absolute Gasteiger partial charge is 0.376 e. The Labute approximate surface area is 180 Å². The van der Waals surface area contributed by atoms with Crippen molar-refractivity contribution in [3.05, 3.63) is 46.6 Å². The van der Waals surface area contributed by atoms with E-state index in [4.69, 9.17) is 4.74 Å². The average molecular weight is 454 g/mol. The Kier molecular flexibility index (Phi) is 6.24. The maximum Gasteiger partial charge on any atom is 0.416 e. The molecule has 0 aliphatic carbocycles. The van der Waals surface area contributed by atoms with E-state index in [0.717, 1.165) is 36.2 Å². The number of carbonyl (C=O) groups excluding carboxylic acids is 2. The SMILES string of the molecule is O=C(Cn1nc2c(c1NC(=O)c1cccc(C(F)(F)F)c1)CSC2)NCC1CCCO1. The number of nitrogens with one attached hydrogen (secondary N) is 2. The van der Waals surface area contributed by atoms with Crippen LogP contribution < -0.4 is 10.6 Å². The van der Waals surface area contributed by atoms with E-state index >= 15 is 0 Å². The highest BCUT2D eigenvalue weighted by Crippen LogP contribution is 2.35. The molecule has 31 heavy (non-hydrogen) atoms. The summed E-state index contributed by atoms with van der Waals surface area (Å²) in [7, 11) is 0. The number of carbonyl (C=O) groups is 2. The first-order chi connectivity index (χ1) is 14.8. The van der Waals surface area contributed by atoms with Gasteiger partial charge in [0, 0.05) is 35.8 Å². The number of fused-ring (bicyclic) bond motifs is 1. The fourth-order valence-corrected chi connectivity index (χ4v) is 4.60. The number of rotatable bonds is 6. The van der Waals surface area contributed by atoms with Crippen LogP contribution in [0.5, 0.6) is 0 Å². The first kappa shape index (κ1) is 21.7. The molecule has 7 nitrogen and oxygen atoms in total. The van der Waals surface area contributed by atoms with E-state index in [1.807, 2.05) is 0 Å². The molecule has 1 atom stereocenters. The summed E-state index contributed by atoms with van der Waals surface area (Å²) in [6, 6.07) is 4.22. The summed E-state index contributed by atoms with van der Waals surface area (Å²) in [6.45, 7) is 0.986. The first-order valence-corrected chi connectivity index (χ1v) is 11.0. The van der Waals surface area contributed by atoms with E-state index < -0.39 is 17.6 Å². The molecule has 2 aromatic rings. The molecule has 1 aromatic carbocycles. The molecule has 0 bridgehead atoms. The summed E-state index contributed by atoms with van der Waals surface area (Å²) in [5, 5.41) is 9.89. The van der Waals surface area contributed by atoms with Crippen molar-refractivity contribution < 1.29 is 27.5 Å². The van der Waals surface area contributed by atoms with Crippen molar-refractivity contribution >= 4 is 29.4 Å². The lowest BCUT2D eigenvalue weighted by Gasteiger charge is -2.14. The van der Waals surface area contributed by atoms with Gasteiger partial charge in [-0.3, -0.25) is 9.59 Å². The van der Waals surface area contributed by atoms with E-state index in [-0.39, 0.29) is 24.1 Å². The van der Waals surface area contributed by atoms with Crippen LogP contribution in [0.25, 0.3) is 0 Å². The monoisotopic (exact) mass is 454 g/mol. The number of hydrogen-bond acceptors (Lipinski definition) is 5. The van der Waals surface area contributed by atoms with Crippen molar-refractivity contribution in [3.8, 4) is 0 Å². The van der Waals surface area contributed by atoms with Crippen LogP contribution in [-0.4, -0.2) is 40.9 Å². The van der Waals surface area contributed by atoms with Crippen molar-refractivity contribution in [2.75, 3.05) is 18.5 Å². The summed E-state index contributed by atoms with van der Waals surface area (Å²) in [6.07, 6.45) is -2.68. The zero-order chi connectivity index (χ0) is 22.0. The number of amides is 2. The van der Waals surface area contributed by atoms with E-state index in [1.165, 1.54) is 16.8 Å². The topological polar surface area (TPSA) is 85.2 Å². The summed E-state index contributed by atoms with van der Waals surface area (Å²) in [4.78, 5) is 25.1. The number of aromatic nitrogens is 2. The van der Waals surface area contributed by atoms with Gasteiger partial charge in [0.1, 0.15) is 12.4 Å². The molecule has 1 unspecified atom stereocenters. The summed E-state index contributed by atoms with van der Waals surface area (Å²) in [5.41, 5.74) is 0.529. The van der Waals surface area contributed by atoms with Crippen LogP contribution in [0.2, 0.25) is 0 Å². The average Bonchev–Trinajstić information content (AvgIpc) is 3.46. The Hall–Kier alpha value is -2.53. The number of ether oxygens (including phenoxy) is 1. The van der Waals surface area contributed by atoms with Gasteiger partial charge in [0.2, 0.25) is 5.91 Å². The van der Waals surface area contributed by atoms with Gasteiger partial charge >= 0.3 is 6.18 Å². The van der Waals surface area contributed by atoms with Gasteiger partial charge in [0.05, 0.1) is 17.4 Å². The lowest BCUT2D eigenvalue weighted by atomic mass is 10.1. The van der Waals surface area contributed by atoms with Gasteiger partial charge < -0.3 is 15.4 Å². The van der Waals surface area contributed by atoms with Crippen LogP contribution in [0.3, 0.4) is 0 Å². The van der Waals surface area contributed by atoms with Gasteiger partial charge in [-0.15, -0.1) is 0 Å². The Morgan fingerprint density at radius 1 is 1.29 bits per heavy atom. The third-order valence-electron chi connectivity index (χ3n) is 5.15. The summed E-state index contributed by atoms with van der Waals surface area (Å²) >= 11 is 1.61. The molecule has 3 heterocycles. The highest BCUT2D eigenvalue weighted by Gasteiger charge is 2.31. The largest absolute Gasteiger partial charge is 0.416 e. The van der Waals surface area contributed by atoms with Crippen molar-refractivity contribution in [2.24, 2.45) is 0 Å². The second kappa shape index (κ2) is 8.91. The molecule has 1 fully saturated rings. The van der Waals surface area contributed by atoms with E-state index in [0.29, 0.717) is 30.5 Å². The van der Waals surface area contributed by atoms with Crippen molar-refractivity contribution in [2.45, 2.75) is 43.2 Å². The van der Waals surface area contributed by atoms with Crippen LogP contribution in [0, 0.1) is 0 Å². The molecule has 2 amide bonds. The van der Waals surface area contributed by atoms with Gasteiger partial charge in [0.15, 0.2) is 0 Å². The Morgan fingerprint density at radius 2 is 2.13 bits per heavy atom. The fourth-order valence-electron chi connectivity index (χ4n) is 3.56. The Bertz CT molecular complexity index is 987. The number of anilines is 1. The molecule has 2 aliphatic rings. The zero-order valence-electron chi connectivity index (χ0n) is 16.5.